The second-order valence-electron chi connectivity index (χ2n) is 7.25. The van der Waals surface area contributed by atoms with Gasteiger partial charge in [0.15, 0.2) is 0 Å². The van der Waals surface area contributed by atoms with E-state index < -0.39 is 0 Å². The molecule has 2 aromatic rings. The molecule has 28 heavy (non-hydrogen) atoms. The zero-order chi connectivity index (χ0) is 19.7. The van der Waals surface area contributed by atoms with Gasteiger partial charge >= 0.3 is 5.97 Å². The molecule has 0 unspecified atom stereocenters. The standard InChI is InChI=1S/C18H23N5O3S2/c1-3-26-17(25)15-12-7-4-10(2)8-13(12)28-16(15)19-14(24)9-27-18-20-21-22-23(18)11-5-6-11/h10-11H,3-9H2,1-2H3,(H,19,24)/t10-/m1/s1. The lowest BCUT2D eigenvalue weighted by Crippen LogP contribution is -2.18. The van der Waals surface area contributed by atoms with E-state index in [9.17, 15) is 9.59 Å². The number of hydrogen-bond acceptors (Lipinski definition) is 8. The smallest absolute Gasteiger partial charge is 0.341 e. The Kier molecular flexibility index (Phi) is 5.68. The van der Waals surface area contributed by atoms with Crippen LogP contribution in [0.15, 0.2) is 5.16 Å². The predicted molar refractivity (Wildman–Crippen MR) is 107 cm³/mol. The van der Waals surface area contributed by atoms with Crippen LogP contribution >= 0.6 is 23.1 Å². The Balaban J connectivity index is 1.47. The third-order valence-electron chi connectivity index (χ3n) is 4.93. The van der Waals surface area contributed by atoms with Crippen molar-refractivity contribution >= 4 is 40.0 Å². The third kappa shape index (κ3) is 4.07. The van der Waals surface area contributed by atoms with Crippen LogP contribution in [0.4, 0.5) is 5.00 Å². The van der Waals surface area contributed by atoms with Crippen molar-refractivity contribution in [1.29, 1.82) is 0 Å². The number of carbonyl (C=O) groups is 2. The molecular weight excluding hydrogens is 398 g/mol. The molecule has 2 aliphatic carbocycles. The molecule has 0 saturated heterocycles. The zero-order valence-corrected chi connectivity index (χ0v) is 17.6. The highest BCUT2D eigenvalue weighted by Gasteiger charge is 2.30. The topological polar surface area (TPSA) is 99.0 Å². The Bertz CT molecular complexity index is 890. The minimum Gasteiger partial charge on any atom is -0.462 e. The molecule has 1 N–H and O–H groups in total. The number of thiophene rings is 1. The van der Waals surface area contributed by atoms with Crippen molar-refractivity contribution in [1.82, 2.24) is 20.2 Å². The number of rotatable bonds is 7. The molecule has 150 valence electrons. The number of thioether (sulfide) groups is 1. The van der Waals surface area contributed by atoms with Gasteiger partial charge in [0.25, 0.3) is 0 Å². The summed E-state index contributed by atoms with van der Waals surface area (Å²) in [5, 5.41) is 15.9. The van der Waals surface area contributed by atoms with Crippen molar-refractivity contribution in [3.63, 3.8) is 0 Å². The number of tetrazole rings is 1. The number of esters is 1. The molecule has 8 nitrogen and oxygen atoms in total. The summed E-state index contributed by atoms with van der Waals surface area (Å²) in [6.07, 6.45) is 4.98. The highest BCUT2D eigenvalue weighted by molar-refractivity contribution is 7.99. The fourth-order valence-corrected chi connectivity index (χ4v) is 5.54. The number of nitrogens with one attached hydrogen (secondary N) is 1. The maximum atomic E-state index is 12.6. The van der Waals surface area contributed by atoms with Crippen LogP contribution in [-0.2, 0) is 22.4 Å². The fraction of sp³-hybridized carbons (Fsp3) is 0.611. The first-order valence-corrected chi connectivity index (χ1v) is 11.4. The van der Waals surface area contributed by atoms with Crippen LogP contribution < -0.4 is 5.32 Å². The quantitative estimate of drug-likeness (QED) is 0.542. The van der Waals surface area contributed by atoms with E-state index >= 15 is 0 Å². The maximum absolute atomic E-state index is 12.6. The lowest BCUT2D eigenvalue weighted by atomic mass is 9.88. The van der Waals surface area contributed by atoms with E-state index in [-0.39, 0.29) is 17.6 Å². The summed E-state index contributed by atoms with van der Waals surface area (Å²) in [7, 11) is 0. The molecule has 0 aromatic carbocycles. The molecule has 0 radical (unpaired) electrons. The number of anilines is 1. The second-order valence-corrected chi connectivity index (χ2v) is 9.30. The minimum absolute atomic E-state index is 0.174. The maximum Gasteiger partial charge on any atom is 0.341 e. The summed E-state index contributed by atoms with van der Waals surface area (Å²) in [6, 6.07) is 0.363. The number of amides is 1. The van der Waals surface area contributed by atoms with Crippen LogP contribution in [0.1, 0.15) is 60.0 Å². The SMILES string of the molecule is CCOC(=O)c1c(NC(=O)CSc2nnnn2C2CC2)sc2c1CC[C@@H](C)C2. The third-order valence-corrected chi connectivity index (χ3v) is 7.04. The van der Waals surface area contributed by atoms with Gasteiger partial charge in [0, 0.05) is 4.88 Å². The first-order valence-electron chi connectivity index (χ1n) is 9.59. The van der Waals surface area contributed by atoms with Gasteiger partial charge in [-0.1, -0.05) is 18.7 Å². The molecule has 0 bridgehead atoms. The van der Waals surface area contributed by atoms with Crippen molar-refractivity contribution in [3.8, 4) is 0 Å². The van der Waals surface area contributed by atoms with Gasteiger partial charge in [-0.25, -0.2) is 9.48 Å². The molecule has 2 aliphatic rings. The Morgan fingerprint density at radius 3 is 2.93 bits per heavy atom. The monoisotopic (exact) mass is 421 g/mol. The van der Waals surface area contributed by atoms with Crippen molar-refractivity contribution < 1.29 is 14.3 Å². The Morgan fingerprint density at radius 1 is 1.36 bits per heavy atom. The molecule has 1 amide bonds. The number of ether oxygens (including phenoxy) is 1. The number of fused-ring (bicyclic) bond motifs is 1. The molecule has 1 fully saturated rings. The lowest BCUT2D eigenvalue weighted by Gasteiger charge is -2.18. The average Bonchev–Trinajstić information content (AvgIpc) is 3.29. The Hall–Kier alpha value is -1.94. The summed E-state index contributed by atoms with van der Waals surface area (Å²) in [5.41, 5.74) is 1.58. The summed E-state index contributed by atoms with van der Waals surface area (Å²) in [6.45, 7) is 4.32. The molecule has 0 aliphatic heterocycles. The van der Waals surface area contributed by atoms with E-state index in [4.69, 9.17) is 4.74 Å². The van der Waals surface area contributed by atoms with E-state index in [1.807, 2.05) is 0 Å². The summed E-state index contributed by atoms with van der Waals surface area (Å²) >= 11 is 2.81. The van der Waals surface area contributed by atoms with Gasteiger partial charge < -0.3 is 10.1 Å². The van der Waals surface area contributed by atoms with E-state index in [1.165, 1.54) is 28.0 Å². The normalized spacial score (nSPS) is 18.6. The van der Waals surface area contributed by atoms with Crippen LogP contribution in [0, 0.1) is 5.92 Å². The highest BCUT2D eigenvalue weighted by Crippen LogP contribution is 2.40. The number of carbonyl (C=O) groups excluding carboxylic acids is 2. The van der Waals surface area contributed by atoms with Crippen LogP contribution in [0.5, 0.6) is 0 Å². The van der Waals surface area contributed by atoms with E-state index in [1.54, 1.807) is 11.6 Å². The van der Waals surface area contributed by atoms with Crippen LogP contribution in [0.2, 0.25) is 0 Å². The van der Waals surface area contributed by atoms with Crippen molar-refractivity contribution in [3.05, 3.63) is 16.0 Å². The van der Waals surface area contributed by atoms with Crippen molar-refractivity contribution in [2.45, 2.75) is 57.1 Å². The van der Waals surface area contributed by atoms with Crippen LogP contribution in [-0.4, -0.2) is 44.4 Å². The second kappa shape index (κ2) is 8.20. The van der Waals surface area contributed by atoms with Gasteiger partial charge in [0.2, 0.25) is 11.1 Å². The zero-order valence-electron chi connectivity index (χ0n) is 15.9. The fourth-order valence-electron chi connectivity index (χ4n) is 3.38. The molecular formula is C18H23N5O3S2. The number of hydrogen-bond donors (Lipinski definition) is 1. The Labute approximate surface area is 171 Å². The molecule has 4 rings (SSSR count). The highest BCUT2D eigenvalue weighted by atomic mass is 32.2. The summed E-state index contributed by atoms with van der Waals surface area (Å²) < 4.78 is 7.04. The summed E-state index contributed by atoms with van der Waals surface area (Å²) in [4.78, 5) is 26.3. The van der Waals surface area contributed by atoms with E-state index in [2.05, 4.69) is 27.8 Å². The van der Waals surface area contributed by atoms with Crippen LogP contribution in [0.25, 0.3) is 0 Å². The first-order chi connectivity index (χ1) is 13.6. The molecule has 0 spiro atoms. The van der Waals surface area contributed by atoms with Gasteiger partial charge in [-0.15, -0.1) is 16.4 Å². The van der Waals surface area contributed by atoms with Gasteiger partial charge in [0.1, 0.15) is 5.00 Å². The average molecular weight is 422 g/mol. The predicted octanol–water partition coefficient (Wildman–Crippen LogP) is 3.10. The van der Waals surface area contributed by atoms with Gasteiger partial charge in [-0.2, -0.15) is 0 Å². The number of nitrogens with zero attached hydrogens (tertiary/aromatic N) is 4. The molecule has 2 heterocycles. The summed E-state index contributed by atoms with van der Waals surface area (Å²) in [5.74, 6) is 0.248. The molecule has 1 atom stereocenters. The largest absolute Gasteiger partial charge is 0.462 e. The minimum atomic E-state index is -0.352. The van der Waals surface area contributed by atoms with E-state index in [0.717, 1.165) is 37.7 Å². The molecule has 1 saturated carbocycles. The van der Waals surface area contributed by atoms with Crippen molar-refractivity contribution in [2.75, 3.05) is 17.7 Å². The van der Waals surface area contributed by atoms with Crippen molar-refractivity contribution in [2.24, 2.45) is 5.92 Å². The molecule has 2 aromatic heterocycles. The first kappa shape index (κ1) is 19.4. The van der Waals surface area contributed by atoms with Gasteiger partial charge in [0.05, 0.1) is 24.0 Å². The molecule has 10 heteroatoms. The van der Waals surface area contributed by atoms with E-state index in [0.29, 0.717) is 34.3 Å². The lowest BCUT2D eigenvalue weighted by molar-refractivity contribution is -0.113. The van der Waals surface area contributed by atoms with Crippen LogP contribution in [0.3, 0.4) is 0 Å². The van der Waals surface area contributed by atoms with Gasteiger partial charge in [-0.05, 0) is 60.9 Å². The van der Waals surface area contributed by atoms with Gasteiger partial charge in [-0.3, -0.25) is 4.79 Å². The number of aromatic nitrogens is 4. The Morgan fingerprint density at radius 2 is 2.18 bits per heavy atom.